The van der Waals surface area contributed by atoms with Gasteiger partial charge in [-0.3, -0.25) is 19.1 Å². The maximum absolute atomic E-state index is 14.5. The van der Waals surface area contributed by atoms with E-state index in [1.807, 2.05) is 0 Å². The van der Waals surface area contributed by atoms with Gasteiger partial charge in [-0.15, -0.1) is 0 Å². The molecule has 1 spiro atoms. The topological polar surface area (TPSA) is 92.5 Å². The molecule has 3 fully saturated rings. The van der Waals surface area contributed by atoms with Crippen LogP contribution in [0.3, 0.4) is 0 Å². The van der Waals surface area contributed by atoms with Gasteiger partial charge in [0.05, 0.1) is 45.9 Å². The van der Waals surface area contributed by atoms with Gasteiger partial charge in [-0.2, -0.15) is 18.3 Å². The number of hydrogen-bond acceptors (Lipinski definition) is 4. The van der Waals surface area contributed by atoms with E-state index in [1.54, 1.807) is 6.07 Å². The average molecular weight is 600 g/mol. The molecule has 7 nitrogen and oxygen atoms in total. The zero-order valence-electron chi connectivity index (χ0n) is 21.7. The number of aromatic nitrogens is 2. The van der Waals surface area contributed by atoms with Gasteiger partial charge in [0.1, 0.15) is 0 Å². The predicted molar refractivity (Wildman–Crippen MR) is 142 cm³/mol. The van der Waals surface area contributed by atoms with Gasteiger partial charge in [0.15, 0.2) is 11.5 Å². The first kappa shape index (κ1) is 28.9. The van der Waals surface area contributed by atoms with Crippen LogP contribution in [0.5, 0.6) is 0 Å². The number of carboxylic acid groups (broad SMARTS) is 1. The maximum atomic E-state index is 14.5. The summed E-state index contributed by atoms with van der Waals surface area (Å²) in [5.74, 6) is -3.02. The highest BCUT2D eigenvalue weighted by Crippen LogP contribution is 2.55. The van der Waals surface area contributed by atoms with Crippen LogP contribution in [0.15, 0.2) is 24.4 Å². The molecule has 0 unspecified atom stereocenters. The summed E-state index contributed by atoms with van der Waals surface area (Å²) < 4.78 is 44.4. The maximum Gasteiger partial charge on any atom is 0.433 e. The van der Waals surface area contributed by atoms with Gasteiger partial charge in [0.2, 0.25) is 0 Å². The molecule has 0 saturated heterocycles. The molecular weight excluding hydrogens is 570 g/mol. The Kier molecular flexibility index (Phi) is 7.96. The standard InChI is InChI=1S/C28H30Cl2F3N3O4/c29-19-4-3-5-20(30)23(19)21(37)15-35(22-10-13-27(22)11-1-2-12-27)25(38)18-14-34-36(24(18)28(31,32)33)17-8-6-16(7-9-17)26(39)40/h3-5,14,16-17,22H,1-2,6-13,15H2,(H,39,40)/t16?,17?,22-/m0/s1. The van der Waals surface area contributed by atoms with Crippen LogP contribution in [0.25, 0.3) is 0 Å². The Morgan fingerprint density at radius 1 is 1.02 bits per heavy atom. The average Bonchev–Trinajstić information content (AvgIpc) is 3.56. The number of rotatable bonds is 7. The molecule has 1 heterocycles. The van der Waals surface area contributed by atoms with E-state index in [0.717, 1.165) is 43.0 Å². The number of alkyl halides is 3. The molecule has 1 amide bonds. The van der Waals surface area contributed by atoms with E-state index >= 15 is 0 Å². The van der Waals surface area contributed by atoms with E-state index in [9.17, 15) is 32.7 Å². The van der Waals surface area contributed by atoms with Gasteiger partial charge >= 0.3 is 12.1 Å². The summed E-state index contributed by atoms with van der Waals surface area (Å²) in [6.07, 6.45) is 1.97. The number of hydrogen-bond donors (Lipinski definition) is 1. The molecule has 3 aliphatic carbocycles. The molecule has 1 aromatic carbocycles. The second kappa shape index (κ2) is 11.0. The number of halogens is 5. The SMILES string of the molecule is O=C(CN(C(=O)c1cnn(C2CCC(C(=O)O)CC2)c1C(F)(F)F)[C@H]1CCC12CCCC2)c1c(Cl)cccc1Cl. The first-order valence-electron chi connectivity index (χ1n) is 13.6. The van der Waals surface area contributed by atoms with Crippen LogP contribution in [0.2, 0.25) is 10.0 Å². The summed E-state index contributed by atoms with van der Waals surface area (Å²) in [5.41, 5.74) is -1.95. The molecule has 216 valence electrons. The van der Waals surface area contributed by atoms with Crippen LogP contribution in [0, 0.1) is 11.3 Å². The number of Topliss-reactive ketones (excluding diaryl/α,β-unsaturated/α-hetero) is 1. The van der Waals surface area contributed by atoms with E-state index in [2.05, 4.69) is 5.10 Å². The van der Waals surface area contributed by atoms with Crippen molar-refractivity contribution in [2.24, 2.45) is 11.3 Å². The second-order valence-electron chi connectivity index (χ2n) is 11.3. The molecule has 0 bridgehead atoms. The van der Waals surface area contributed by atoms with E-state index in [1.165, 1.54) is 17.0 Å². The summed E-state index contributed by atoms with van der Waals surface area (Å²) in [5, 5.41) is 13.5. The van der Waals surface area contributed by atoms with Crippen LogP contribution in [0.1, 0.15) is 96.7 Å². The molecule has 40 heavy (non-hydrogen) atoms. The van der Waals surface area contributed by atoms with Crippen LogP contribution in [-0.2, 0) is 11.0 Å². The van der Waals surface area contributed by atoms with E-state index in [0.29, 0.717) is 6.42 Å². The van der Waals surface area contributed by atoms with Gasteiger partial charge in [0, 0.05) is 6.04 Å². The lowest BCUT2D eigenvalue weighted by atomic mass is 9.62. The molecule has 12 heteroatoms. The molecule has 0 aliphatic heterocycles. The van der Waals surface area contributed by atoms with Crippen LogP contribution in [0.4, 0.5) is 13.2 Å². The highest BCUT2D eigenvalue weighted by molar-refractivity contribution is 6.40. The Bertz CT molecular complexity index is 1290. The number of carbonyl (C=O) groups is 3. The van der Waals surface area contributed by atoms with Crippen LogP contribution < -0.4 is 0 Å². The number of carboxylic acids is 1. The second-order valence-corrected chi connectivity index (χ2v) is 12.1. The van der Waals surface area contributed by atoms with Crippen LogP contribution in [-0.4, -0.2) is 50.0 Å². The Morgan fingerprint density at radius 3 is 2.17 bits per heavy atom. The number of benzene rings is 1. The Hall–Kier alpha value is -2.59. The van der Waals surface area contributed by atoms with Crippen molar-refractivity contribution < 1.29 is 32.7 Å². The summed E-state index contributed by atoms with van der Waals surface area (Å²) >= 11 is 12.5. The third-order valence-electron chi connectivity index (χ3n) is 9.10. The van der Waals surface area contributed by atoms with Gasteiger partial charge in [-0.1, -0.05) is 42.1 Å². The highest BCUT2D eigenvalue weighted by atomic mass is 35.5. The Morgan fingerprint density at radius 2 is 1.65 bits per heavy atom. The van der Waals surface area contributed by atoms with Gasteiger partial charge < -0.3 is 10.0 Å². The predicted octanol–water partition coefficient (Wildman–Crippen LogP) is 7.07. The third kappa shape index (κ3) is 5.24. The van der Waals surface area contributed by atoms with Crippen molar-refractivity contribution in [3.05, 3.63) is 51.3 Å². The van der Waals surface area contributed by atoms with Gasteiger partial charge in [-0.25, -0.2) is 0 Å². The first-order chi connectivity index (χ1) is 18.9. The molecule has 2 aromatic rings. The van der Waals surface area contributed by atoms with Crippen molar-refractivity contribution in [3.63, 3.8) is 0 Å². The molecular formula is C28H30Cl2F3N3O4. The van der Waals surface area contributed by atoms with Gasteiger partial charge in [0.25, 0.3) is 5.91 Å². The van der Waals surface area contributed by atoms with Crippen molar-refractivity contribution in [2.75, 3.05) is 6.54 Å². The van der Waals surface area contributed by atoms with Crippen molar-refractivity contribution >= 4 is 40.9 Å². The normalized spacial score (nSPS) is 24.1. The highest BCUT2D eigenvalue weighted by Gasteiger charge is 2.53. The summed E-state index contributed by atoms with van der Waals surface area (Å²) in [7, 11) is 0. The quantitative estimate of drug-likeness (QED) is 0.343. The number of ketones is 1. The Balaban J connectivity index is 1.50. The molecule has 1 aromatic heterocycles. The van der Waals surface area contributed by atoms with E-state index in [4.69, 9.17) is 23.2 Å². The largest absolute Gasteiger partial charge is 0.481 e. The minimum absolute atomic E-state index is 0.0327. The van der Waals surface area contributed by atoms with Crippen molar-refractivity contribution in [2.45, 2.75) is 82.5 Å². The molecule has 1 N–H and O–H groups in total. The number of nitrogens with zero attached hydrogens (tertiary/aromatic N) is 3. The lowest BCUT2D eigenvalue weighted by molar-refractivity contribution is -0.147. The van der Waals surface area contributed by atoms with E-state index < -0.39 is 53.6 Å². The zero-order valence-corrected chi connectivity index (χ0v) is 23.2. The van der Waals surface area contributed by atoms with E-state index in [-0.39, 0.29) is 52.7 Å². The third-order valence-corrected chi connectivity index (χ3v) is 9.73. The summed E-state index contributed by atoms with van der Waals surface area (Å²) in [4.78, 5) is 40.1. The zero-order chi connectivity index (χ0) is 28.8. The summed E-state index contributed by atoms with van der Waals surface area (Å²) in [6.45, 7) is -0.457. The fourth-order valence-corrected chi connectivity index (χ4v) is 7.56. The molecule has 1 atom stereocenters. The smallest absolute Gasteiger partial charge is 0.433 e. The lowest BCUT2D eigenvalue weighted by Gasteiger charge is -2.52. The molecule has 3 aliphatic rings. The first-order valence-corrected chi connectivity index (χ1v) is 14.3. The van der Waals surface area contributed by atoms with Gasteiger partial charge in [-0.05, 0) is 68.9 Å². The minimum atomic E-state index is -4.89. The molecule has 5 rings (SSSR count). The monoisotopic (exact) mass is 599 g/mol. The van der Waals surface area contributed by atoms with Crippen molar-refractivity contribution in [3.8, 4) is 0 Å². The number of amides is 1. The lowest BCUT2D eigenvalue weighted by Crippen LogP contribution is -2.57. The van der Waals surface area contributed by atoms with Crippen molar-refractivity contribution in [1.82, 2.24) is 14.7 Å². The van der Waals surface area contributed by atoms with Crippen molar-refractivity contribution in [1.29, 1.82) is 0 Å². The number of carbonyl (C=O) groups excluding carboxylic acids is 2. The fourth-order valence-electron chi connectivity index (χ4n) is 6.95. The minimum Gasteiger partial charge on any atom is -0.481 e. The fraction of sp³-hybridized carbons (Fsp3) is 0.571. The summed E-state index contributed by atoms with van der Waals surface area (Å²) in [6, 6.07) is 3.51. The Labute approximate surface area is 239 Å². The molecule has 3 saturated carbocycles. The van der Waals surface area contributed by atoms with Crippen LogP contribution >= 0.6 is 23.2 Å². The molecule has 0 radical (unpaired) electrons. The number of aliphatic carboxylic acids is 1.